The largest absolute Gasteiger partial charge is 0.418 e. The summed E-state index contributed by atoms with van der Waals surface area (Å²) in [4.78, 5) is 29.8. The quantitative estimate of drug-likeness (QED) is 0.524. The highest BCUT2D eigenvalue weighted by Crippen LogP contribution is 2.38. The zero-order valence-electron chi connectivity index (χ0n) is 19.5. The van der Waals surface area contributed by atoms with Crippen molar-refractivity contribution in [3.63, 3.8) is 0 Å². The number of aryl methyl sites for hydroxylation is 1. The average Bonchev–Trinajstić information content (AvgIpc) is 3.34. The minimum absolute atomic E-state index is 0.0201. The van der Waals surface area contributed by atoms with E-state index in [9.17, 15) is 31.5 Å². The highest BCUT2D eigenvalue weighted by Gasteiger charge is 2.42. The molecule has 1 fully saturated rings. The Kier molecular flexibility index (Phi) is 6.13. The number of amides is 2. The third-order valence-electron chi connectivity index (χ3n) is 6.03. The molecule has 1 aliphatic rings. The molecule has 3 aromatic rings. The first-order valence-corrected chi connectivity index (χ1v) is 10.9. The molecule has 8 nitrogen and oxygen atoms in total. The maximum atomic E-state index is 14.6. The molecular weight excluding hydrogens is 487 g/mol. The Morgan fingerprint density at radius 3 is 2.47 bits per heavy atom. The number of hydrogen-bond acceptors (Lipinski definition) is 5. The van der Waals surface area contributed by atoms with Crippen molar-refractivity contribution in [1.29, 1.82) is 0 Å². The van der Waals surface area contributed by atoms with Gasteiger partial charge in [0.1, 0.15) is 18.0 Å². The minimum Gasteiger partial charge on any atom is -0.382 e. The van der Waals surface area contributed by atoms with Crippen LogP contribution in [0.25, 0.3) is 16.8 Å². The summed E-state index contributed by atoms with van der Waals surface area (Å²) in [6, 6.07) is 4.20. The molecule has 2 aromatic heterocycles. The monoisotopic (exact) mass is 510 g/mol. The molecule has 3 N–H and O–H groups in total. The van der Waals surface area contributed by atoms with Crippen molar-refractivity contribution >= 4 is 23.1 Å². The molecule has 0 aliphatic carbocycles. The van der Waals surface area contributed by atoms with Gasteiger partial charge in [-0.3, -0.25) is 9.59 Å². The van der Waals surface area contributed by atoms with Crippen LogP contribution < -0.4 is 11.1 Å². The van der Waals surface area contributed by atoms with E-state index in [1.54, 1.807) is 6.92 Å². The van der Waals surface area contributed by atoms with Gasteiger partial charge in [-0.25, -0.2) is 18.3 Å². The van der Waals surface area contributed by atoms with E-state index in [1.165, 1.54) is 18.2 Å². The lowest BCUT2D eigenvalue weighted by Crippen LogP contribution is -2.44. The fourth-order valence-corrected chi connectivity index (χ4v) is 4.20. The van der Waals surface area contributed by atoms with Gasteiger partial charge >= 0.3 is 6.18 Å². The Labute approximate surface area is 202 Å². The van der Waals surface area contributed by atoms with Gasteiger partial charge in [-0.1, -0.05) is 12.1 Å². The fraction of sp³-hybridized carbons (Fsp3) is 0.391. The van der Waals surface area contributed by atoms with Gasteiger partial charge in [-0.2, -0.15) is 18.3 Å². The SMILES string of the molecule is Cc1ccc(-c2cc(C(F)(F)F)c3c(N)ncnn23)cc1C(=O)N[C@@H]1CN(C(=O)C(C)(C)F)C[C@@H]1F. The molecule has 1 saturated heterocycles. The molecule has 2 atom stereocenters. The van der Waals surface area contributed by atoms with E-state index < -0.39 is 47.0 Å². The van der Waals surface area contributed by atoms with Crippen molar-refractivity contribution in [1.82, 2.24) is 24.8 Å². The van der Waals surface area contributed by atoms with Gasteiger partial charge in [-0.05, 0) is 38.5 Å². The van der Waals surface area contributed by atoms with Gasteiger partial charge in [0.2, 0.25) is 0 Å². The summed E-state index contributed by atoms with van der Waals surface area (Å²) in [7, 11) is 0. The zero-order valence-corrected chi connectivity index (χ0v) is 19.5. The number of rotatable bonds is 4. The average molecular weight is 510 g/mol. The van der Waals surface area contributed by atoms with E-state index >= 15 is 0 Å². The first-order valence-electron chi connectivity index (χ1n) is 10.9. The normalized spacial score (nSPS) is 18.6. The molecule has 0 spiro atoms. The first kappa shape index (κ1) is 25.3. The molecular formula is C23H23F5N6O2. The summed E-state index contributed by atoms with van der Waals surface area (Å²) in [5.41, 5.74) is 2.86. The molecule has 3 heterocycles. The summed E-state index contributed by atoms with van der Waals surface area (Å²) in [5.74, 6) is -1.94. The number of benzene rings is 1. The second-order valence-electron chi connectivity index (χ2n) is 9.15. The Bertz CT molecular complexity index is 1350. The van der Waals surface area contributed by atoms with Gasteiger partial charge in [0.25, 0.3) is 11.8 Å². The third kappa shape index (κ3) is 4.56. The van der Waals surface area contributed by atoms with Crippen LogP contribution in [-0.2, 0) is 11.0 Å². The predicted molar refractivity (Wildman–Crippen MR) is 120 cm³/mol. The smallest absolute Gasteiger partial charge is 0.382 e. The second-order valence-corrected chi connectivity index (χ2v) is 9.15. The minimum atomic E-state index is -4.73. The highest BCUT2D eigenvalue weighted by atomic mass is 19.4. The van der Waals surface area contributed by atoms with Crippen LogP contribution in [0, 0.1) is 6.92 Å². The number of nitrogens with two attached hydrogens (primary N) is 1. The van der Waals surface area contributed by atoms with Crippen molar-refractivity contribution in [2.45, 2.75) is 44.8 Å². The number of carbonyl (C=O) groups excluding carboxylic acids is 2. The first-order chi connectivity index (χ1) is 16.7. The van der Waals surface area contributed by atoms with Gasteiger partial charge in [-0.15, -0.1) is 0 Å². The fourth-order valence-electron chi connectivity index (χ4n) is 4.20. The number of carbonyl (C=O) groups is 2. The highest BCUT2D eigenvalue weighted by molar-refractivity contribution is 5.97. The molecule has 0 bridgehead atoms. The summed E-state index contributed by atoms with van der Waals surface area (Å²) in [6.07, 6.45) is -5.34. The van der Waals surface area contributed by atoms with Gasteiger partial charge in [0.15, 0.2) is 11.5 Å². The Balaban J connectivity index is 1.66. The Morgan fingerprint density at radius 1 is 1.14 bits per heavy atom. The summed E-state index contributed by atoms with van der Waals surface area (Å²) in [6.45, 7) is 3.16. The number of likely N-dealkylation sites (tertiary alicyclic amines) is 1. The molecule has 13 heteroatoms. The lowest BCUT2D eigenvalue weighted by molar-refractivity contribution is -0.141. The maximum Gasteiger partial charge on any atom is 0.418 e. The van der Waals surface area contributed by atoms with E-state index in [0.29, 0.717) is 5.56 Å². The molecule has 192 valence electrons. The molecule has 2 amide bonds. The topological polar surface area (TPSA) is 106 Å². The van der Waals surface area contributed by atoms with Crippen LogP contribution in [0.3, 0.4) is 0 Å². The number of halogens is 5. The van der Waals surface area contributed by atoms with Crippen LogP contribution in [0.4, 0.5) is 27.8 Å². The van der Waals surface area contributed by atoms with Crippen LogP contribution in [0.15, 0.2) is 30.6 Å². The lowest BCUT2D eigenvalue weighted by atomic mass is 10.0. The maximum absolute atomic E-state index is 14.6. The van der Waals surface area contributed by atoms with Crippen molar-refractivity contribution < 1.29 is 31.5 Å². The Hall–Kier alpha value is -3.77. The van der Waals surface area contributed by atoms with Crippen LogP contribution in [-0.4, -0.2) is 62.3 Å². The molecule has 4 rings (SSSR count). The number of nitrogen functional groups attached to an aromatic ring is 1. The van der Waals surface area contributed by atoms with Gasteiger partial charge in [0, 0.05) is 17.7 Å². The number of fused-ring (bicyclic) bond motifs is 1. The molecule has 1 aliphatic heterocycles. The van der Waals surface area contributed by atoms with E-state index in [1.807, 2.05) is 0 Å². The van der Waals surface area contributed by atoms with Crippen molar-refractivity contribution in [3.05, 3.63) is 47.3 Å². The number of alkyl halides is 5. The third-order valence-corrected chi connectivity index (χ3v) is 6.03. The lowest BCUT2D eigenvalue weighted by Gasteiger charge is -2.22. The van der Waals surface area contributed by atoms with Gasteiger partial charge in [0.05, 0.1) is 23.8 Å². The number of nitrogens with zero attached hydrogens (tertiary/aromatic N) is 4. The Morgan fingerprint density at radius 2 is 1.83 bits per heavy atom. The molecule has 36 heavy (non-hydrogen) atoms. The van der Waals surface area contributed by atoms with Crippen molar-refractivity contribution in [3.8, 4) is 11.3 Å². The molecule has 1 aromatic carbocycles. The number of hydrogen-bond donors (Lipinski definition) is 2. The van der Waals surface area contributed by atoms with Crippen molar-refractivity contribution in [2.24, 2.45) is 0 Å². The predicted octanol–water partition coefficient (Wildman–Crippen LogP) is 3.33. The van der Waals surface area contributed by atoms with Crippen LogP contribution >= 0.6 is 0 Å². The summed E-state index contributed by atoms with van der Waals surface area (Å²) in [5, 5.41) is 6.41. The van der Waals surface area contributed by atoms with E-state index in [0.717, 1.165) is 35.7 Å². The van der Waals surface area contributed by atoms with E-state index in [4.69, 9.17) is 5.73 Å². The number of anilines is 1. The molecule has 0 saturated carbocycles. The number of nitrogens with one attached hydrogen (secondary N) is 1. The number of aromatic nitrogens is 3. The van der Waals surface area contributed by atoms with Crippen LogP contribution in [0.5, 0.6) is 0 Å². The van der Waals surface area contributed by atoms with Gasteiger partial charge < -0.3 is 16.0 Å². The standard InChI is InChI=1S/C23H23F5N6O2/c1-11-4-5-12(17-7-14(23(26,27)28)18-19(29)30-10-31-34(17)18)6-13(11)20(35)32-16-9-33(8-15(16)24)21(36)22(2,3)25/h4-7,10,15-16H,8-9H2,1-3H3,(H,32,35)(H2,29,30,31)/t15-,16+/m0/s1. The summed E-state index contributed by atoms with van der Waals surface area (Å²) < 4.78 is 70.5. The second kappa shape index (κ2) is 8.71. The molecule has 0 unspecified atom stereocenters. The van der Waals surface area contributed by atoms with E-state index in [2.05, 4.69) is 15.4 Å². The molecule has 0 radical (unpaired) electrons. The van der Waals surface area contributed by atoms with Crippen LogP contribution in [0.2, 0.25) is 0 Å². The van der Waals surface area contributed by atoms with E-state index in [-0.39, 0.29) is 35.7 Å². The zero-order chi connectivity index (χ0) is 26.6. The summed E-state index contributed by atoms with van der Waals surface area (Å²) >= 11 is 0. The van der Waals surface area contributed by atoms with Crippen molar-refractivity contribution in [2.75, 3.05) is 18.8 Å². The van der Waals surface area contributed by atoms with Crippen LogP contribution in [0.1, 0.15) is 35.3 Å².